The van der Waals surface area contributed by atoms with E-state index >= 15 is 0 Å². The number of thioether (sulfide) groups is 1. The van der Waals surface area contributed by atoms with E-state index in [4.69, 9.17) is 11.6 Å². The van der Waals surface area contributed by atoms with E-state index in [1.54, 1.807) is 11.8 Å². The lowest BCUT2D eigenvalue weighted by Gasteiger charge is -2.20. The molecule has 1 N–H and O–H groups in total. The Hall–Kier alpha value is -0.670. The minimum atomic E-state index is -0.0469. The Kier molecular flexibility index (Phi) is 5.86. The van der Waals surface area contributed by atoms with Gasteiger partial charge < -0.3 is 5.32 Å². The van der Waals surface area contributed by atoms with Crippen molar-refractivity contribution in [3.63, 3.8) is 0 Å². The molecule has 1 aromatic carbocycles. The van der Waals surface area contributed by atoms with Crippen molar-refractivity contribution in [3.05, 3.63) is 29.8 Å². The van der Waals surface area contributed by atoms with Gasteiger partial charge >= 0.3 is 0 Å². The van der Waals surface area contributed by atoms with Gasteiger partial charge in [0.1, 0.15) is 0 Å². The van der Waals surface area contributed by atoms with Crippen LogP contribution in [0.15, 0.2) is 29.2 Å². The van der Waals surface area contributed by atoms with Crippen molar-refractivity contribution in [1.82, 2.24) is 5.32 Å². The first kappa shape index (κ1) is 14.4. The normalized spacial score (nSPS) is 12.5. The fraction of sp³-hybridized carbons (Fsp3) is 0.462. The van der Waals surface area contributed by atoms with Crippen LogP contribution in [-0.4, -0.2) is 24.1 Å². The molecule has 1 atom stereocenters. The monoisotopic (exact) mass is 271 g/mol. The fourth-order valence-electron chi connectivity index (χ4n) is 1.46. The van der Waals surface area contributed by atoms with Gasteiger partial charge in [-0.1, -0.05) is 26.0 Å². The van der Waals surface area contributed by atoms with Crippen LogP contribution in [0.1, 0.15) is 24.2 Å². The number of alkyl halides is 1. The van der Waals surface area contributed by atoms with Crippen LogP contribution in [0.3, 0.4) is 0 Å². The highest BCUT2D eigenvalue weighted by atomic mass is 35.5. The summed E-state index contributed by atoms with van der Waals surface area (Å²) in [5, 5.41) is 2.97. The van der Waals surface area contributed by atoms with Gasteiger partial charge in [0.2, 0.25) is 0 Å². The topological polar surface area (TPSA) is 29.1 Å². The molecule has 0 heterocycles. The number of carbonyl (C=O) groups excluding carboxylic acids is 1. The molecule has 0 radical (unpaired) electrons. The summed E-state index contributed by atoms with van der Waals surface area (Å²) in [7, 11) is 0. The largest absolute Gasteiger partial charge is 0.348 e. The van der Waals surface area contributed by atoms with Gasteiger partial charge in [-0.25, -0.2) is 0 Å². The van der Waals surface area contributed by atoms with Crippen LogP contribution < -0.4 is 5.32 Å². The summed E-state index contributed by atoms with van der Waals surface area (Å²) in [6.45, 7) is 4.10. The lowest BCUT2D eigenvalue weighted by molar-refractivity contribution is 0.0928. The molecule has 0 aliphatic heterocycles. The van der Waals surface area contributed by atoms with E-state index in [-0.39, 0.29) is 11.9 Å². The van der Waals surface area contributed by atoms with Gasteiger partial charge in [-0.2, -0.15) is 0 Å². The average molecular weight is 272 g/mol. The van der Waals surface area contributed by atoms with Crippen LogP contribution in [-0.2, 0) is 0 Å². The predicted molar refractivity (Wildman–Crippen MR) is 75.0 cm³/mol. The van der Waals surface area contributed by atoms with E-state index < -0.39 is 0 Å². The molecule has 0 aliphatic carbocycles. The molecular weight excluding hydrogens is 254 g/mol. The minimum absolute atomic E-state index is 0.0130. The predicted octanol–water partition coefficient (Wildman–Crippen LogP) is 3.40. The zero-order valence-electron chi connectivity index (χ0n) is 10.4. The number of nitrogens with one attached hydrogen (secondary N) is 1. The zero-order chi connectivity index (χ0) is 12.8. The SMILES string of the molecule is CSc1ccccc1C(=O)NC(CCl)C(C)C. The maximum absolute atomic E-state index is 12.1. The van der Waals surface area contributed by atoms with Gasteiger partial charge in [-0.15, -0.1) is 23.4 Å². The molecule has 17 heavy (non-hydrogen) atoms. The second-order valence-corrected chi connectivity index (χ2v) is 5.34. The second kappa shape index (κ2) is 6.92. The van der Waals surface area contributed by atoms with Crippen molar-refractivity contribution in [3.8, 4) is 0 Å². The third-order valence-corrected chi connectivity index (χ3v) is 3.77. The molecular formula is C13H18ClNOS. The molecule has 4 heteroatoms. The van der Waals surface area contributed by atoms with Gasteiger partial charge in [0.05, 0.1) is 5.56 Å². The summed E-state index contributed by atoms with van der Waals surface area (Å²) >= 11 is 7.42. The Balaban J connectivity index is 2.82. The van der Waals surface area contributed by atoms with E-state index in [1.165, 1.54) is 0 Å². The van der Waals surface area contributed by atoms with Crippen molar-refractivity contribution in [2.75, 3.05) is 12.1 Å². The van der Waals surface area contributed by atoms with Gasteiger partial charge in [-0.3, -0.25) is 4.79 Å². The quantitative estimate of drug-likeness (QED) is 0.657. The Morgan fingerprint density at radius 1 is 1.41 bits per heavy atom. The second-order valence-electron chi connectivity index (χ2n) is 4.18. The van der Waals surface area contributed by atoms with Gasteiger partial charge in [0, 0.05) is 16.8 Å². The molecule has 1 amide bonds. The van der Waals surface area contributed by atoms with Crippen LogP contribution >= 0.6 is 23.4 Å². The zero-order valence-corrected chi connectivity index (χ0v) is 11.9. The Morgan fingerprint density at radius 2 is 2.06 bits per heavy atom. The highest BCUT2D eigenvalue weighted by molar-refractivity contribution is 7.98. The standard InChI is InChI=1S/C13H18ClNOS/c1-9(2)11(8-14)15-13(16)10-6-4-5-7-12(10)17-3/h4-7,9,11H,8H2,1-3H3,(H,15,16). The molecule has 2 nitrogen and oxygen atoms in total. The average Bonchev–Trinajstić information content (AvgIpc) is 2.35. The highest BCUT2D eigenvalue weighted by Crippen LogP contribution is 2.20. The number of amides is 1. The molecule has 0 spiro atoms. The molecule has 0 bridgehead atoms. The number of carbonyl (C=O) groups is 1. The van der Waals surface area contributed by atoms with E-state index in [9.17, 15) is 4.79 Å². The number of hydrogen-bond acceptors (Lipinski definition) is 2. The summed E-state index contributed by atoms with van der Waals surface area (Å²) in [4.78, 5) is 13.1. The first-order valence-corrected chi connectivity index (χ1v) is 7.36. The van der Waals surface area contributed by atoms with Gasteiger partial charge in [-0.05, 0) is 24.3 Å². The van der Waals surface area contributed by atoms with Crippen molar-refractivity contribution in [1.29, 1.82) is 0 Å². The van der Waals surface area contributed by atoms with E-state index in [0.717, 1.165) is 10.5 Å². The van der Waals surface area contributed by atoms with Crippen LogP contribution in [0, 0.1) is 5.92 Å². The summed E-state index contributed by atoms with van der Waals surface area (Å²) in [5.74, 6) is 0.720. The third-order valence-electron chi connectivity index (χ3n) is 2.64. The molecule has 94 valence electrons. The highest BCUT2D eigenvalue weighted by Gasteiger charge is 2.17. The van der Waals surface area contributed by atoms with Crippen LogP contribution in [0.25, 0.3) is 0 Å². The van der Waals surface area contributed by atoms with Crippen molar-refractivity contribution in [2.24, 2.45) is 5.92 Å². The Labute approximate surface area is 112 Å². The summed E-state index contributed by atoms with van der Waals surface area (Å²) < 4.78 is 0. The summed E-state index contributed by atoms with van der Waals surface area (Å²) in [5.41, 5.74) is 0.718. The van der Waals surface area contributed by atoms with Crippen LogP contribution in [0.5, 0.6) is 0 Å². The minimum Gasteiger partial charge on any atom is -0.348 e. The lowest BCUT2D eigenvalue weighted by Crippen LogP contribution is -2.40. The van der Waals surface area contributed by atoms with Gasteiger partial charge in [0.15, 0.2) is 0 Å². The number of benzene rings is 1. The molecule has 0 aromatic heterocycles. The summed E-state index contributed by atoms with van der Waals surface area (Å²) in [6, 6.07) is 7.61. The van der Waals surface area contributed by atoms with Crippen LogP contribution in [0.2, 0.25) is 0 Å². The Bertz CT molecular complexity index is 381. The number of halogens is 1. The van der Waals surface area contributed by atoms with E-state index in [1.807, 2.05) is 44.4 Å². The number of rotatable bonds is 5. The summed E-state index contributed by atoms with van der Waals surface area (Å²) in [6.07, 6.45) is 1.97. The third kappa shape index (κ3) is 3.93. The van der Waals surface area contributed by atoms with Crippen molar-refractivity contribution in [2.45, 2.75) is 24.8 Å². The molecule has 0 aliphatic rings. The maximum atomic E-state index is 12.1. The van der Waals surface area contributed by atoms with Gasteiger partial charge in [0.25, 0.3) is 5.91 Å². The van der Waals surface area contributed by atoms with E-state index in [0.29, 0.717) is 11.8 Å². The molecule has 0 saturated carbocycles. The Morgan fingerprint density at radius 3 is 2.59 bits per heavy atom. The fourth-order valence-corrected chi connectivity index (χ4v) is 2.49. The molecule has 0 saturated heterocycles. The first-order chi connectivity index (χ1) is 8.10. The molecule has 1 aromatic rings. The first-order valence-electron chi connectivity index (χ1n) is 5.60. The maximum Gasteiger partial charge on any atom is 0.252 e. The molecule has 1 unspecified atom stereocenters. The molecule has 0 fully saturated rings. The van der Waals surface area contributed by atoms with Crippen LogP contribution in [0.4, 0.5) is 0 Å². The smallest absolute Gasteiger partial charge is 0.252 e. The lowest BCUT2D eigenvalue weighted by atomic mass is 10.1. The number of hydrogen-bond donors (Lipinski definition) is 1. The van der Waals surface area contributed by atoms with Crippen molar-refractivity contribution < 1.29 is 4.79 Å². The molecule has 1 rings (SSSR count). The van der Waals surface area contributed by atoms with E-state index in [2.05, 4.69) is 5.32 Å². The van der Waals surface area contributed by atoms with Crippen molar-refractivity contribution >= 4 is 29.3 Å².